The second-order valence-electron chi connectivity index (χ2n) is 6.02. The zero-order valence-corrected chi connectivity index (χ0v) is 17.6. The number of carbonyl (C=O) groups excluding carboxylic acids is 2. The molecule has 0 atom stereocenters. The van der Waals surface area contributed by atoms with E-state index in [-0.39, 0.29) is 24.8 Å². The van der Waals surface area contributed by atoms with Crippen molar-refractivity contribution in [3.8, 4) is 11.5 Å². The normalized spacial score (nSPS) is 15.0. The lowest BCUT2D eigenvalue weighted by Crippen LogP contribution is -2.32. The van der Waals surface area contributed by atoms with Crippen LogP contribution in [0.2, 0.25) is 0 Å². The van der Waals surface area contributed by atoms with E-state index in [0.29, 0.717) is 26.5 Å². The van der Waals surface area contributed by atoms with E-state index in [4.69, 9.17) is 21.7 Å². The Labute approximate surface area is 178 Å². The van der Waals surface area contributed by atoms with Crippen LogP contribution in [0.15, 0.2) is 47.5 Å². The van der Waals surface area contributed by atoms with Crippen LogP contribution in [0, 0.1) is 0 Å². The summed E-state index contributed by atoms with van der Waals surface area (Å²) >= 11 is 6.54. The van der Waals surface area contributed by atoms with Crippen LogP contribution in [0.4, 0.5) is 5.82 Å². The summed E-state index contributed by atoms with van der Waals surface area (Å²) in [5.74, 6) is 1.36. The molecule has 1 saturated heterocycles. The third kappa shape index (κ3) is 5.12. The molecule has 2 heterocycles. The van der Waals surface area contributed by atoms with Gasteiger partial charge in [0, 0.05) is 12.6 Å². The van der Waals surface area contributed by atoms with Crippen molar-refractivity contribution >= 4 is 52.0 Å². The number of thioether (sulfide) groups is 1. The SMILES string of the molecule is COc1ccc(C=C2SC(=S)N(CCC(=O)Nc3cccc[nH+]3)C2=O)cc1OC. The fourth-order valence-electron chi connectivity index (χ4n) is 2.68. The van der Waals surface area contributed by atoms with Crippen LogP contribution in [0.1, 0.15) is 12.0 Å². The van der Waals surface area contributed by atoms with Gasteiger partial charge in [-0.05, 0) is 29.8 Å². The molecule has 2 aromatic rings. The summed E-state index contributed by atoms with van der Waals surface area (Å²) in [5.41, 5.74) is 0.792. The molecule has 1 aromatic carbocycles. The van der Waals surface area contributed by atoms with Gasteiger partial charge in [-0.2, -0.15) is 0 Å². The molecule has 0 saturated carbocycles. The number of thiocarbonyl (C=S) groups is 1. The summed E-state index contributed by atoms with van der Waals surface area (Å²) in [5, 5.41) is 2.75. The van der Waals surface area contributed by atoms with Crippen molar-refractivity contribution in [1.29, 1.82) is 0 Å². The predicted octanol–water partition coefficient (Wildman–Crippen LogP) is 2.75. The Morgan fingerprint density at radius 2 is 2.03 bits per heavy atom. The first-order chi connectivity index (χ1) is 14.0. The molecule has 7 nitrogen and oxygen atoms in total. The van der Waals surface area contributed by atoms with Crippen LogP contribution in [-0.4, -0.2) is 41.8 Å². The molecule has 3 rings (SSSR count). The molecule has 2 N–H and O–H groups in total. The van der Waals surface area contributed by atoms with Crippen LogP contribution in [0.3, 0.4) is 0 Å². The smallest absolute Gasteiger partial charge is 0.309 e. The minimum atomic E-state index is -0.214. The molecule has 0 aliphatic carbocycles. The molecule has 0 radical (unpaired) electrons. The van der Waals surface area contributed by atoms with Gasteiger partial charge < -0.3 is 9.47 Å². The first kappa shape index (κ1) is 20.8. The third-order valence-electron chi connectivity index (χ3n) is 4.12. The number of methoxy groups -OCH3 is 2. The standard InChI is InChI=1S/C20H19N3O4S2/c1-26-14-7-6-13(11-15(14)27-2)12-16-19(25)23(20(28)29-16)10-8-18(24)22-17-5-3-4-9-21-17/h3-7,9,11-12H,8,10H2,1-2H3,(H,21,22,24)/p+1. The topological polar surface area (TPSA) is 82.0 Å². The van der Waals surface area contributed by atoms with Crippen LogP contribution < -0.4 is 19.8 Å². The van der Waals surface area contributed by atoms with Crippen molar-refractivity contribution in [2.75, 3.05) is 26.1 Å². The van der Waals surface area contributed by atoms with Gasteiger partial charge in [0.15, 0.2) is 11.5 Å². The number of anilines is 1. The number of rotatable bonds is 7. The monoisotopic (exact) mass is 430 g/mol. The van der Waals surface area contributed by atoms with Gasteiger partial charge in [-0.3, -0.25) is 9.69 Å². The molecule has 9 heteroatoms. The Morgan fingerprint density at radius 1 is 1.24 bits per heavy atom. The lowest BCUT2D eigenvalue weighted by atomic mass is 10.2. The molecule has 150 valence electrons. The number of aromatic amines is 1. The molecule has 29 heavy (non-hydrogen) atoms. The number of carbonyl (C=O) groups is 2. The van der Waals surface area contributed by atoms with Crippen molar-refractivity contribution in [2.45, 2.75) is 6.42 Å². The second kappa shape index (κ2) is 9.53. The maximum atomic E-state index is 12.7. The van der Waals surface area contributed by atoms with Crippen molar-refractivity contribution < 1.29 is 24.0 Å². The highest BCUT2D eigenvalue weighted by atomic mass is 32.2. The van der Waals surface area contributed by atoms with Gasteiger partial charge in [0.2, 0.25) is 0 Å². The van der Waals surface area contributed by atoms with Crippen molar-refractivity contribution in [2.24, 2.45) is 0 Å². The zero-order chi connectivity index (χ0) is 20.8. The summed E-state index contributed by atoms with van der Waals surface area (Å²) in [6.45, 7) is 0.215. The zero-order valence-electron chi connectivity index (χ0n) is 15.9. The minimum absolute atomic E-state index is 0.138. The van der Waals surface area contributed by atoms with Gasteiger partial charge in [-0.15, -0.1) is 0 Å². The van der Waals surface area contributed by atoms with E-state index < -0.39 is 0 Å². The highest BCUT2D eigenvalue weighted by Crippen LogP contribution is 2.34. The number of benzene rings is 1. The van der Waals surface area contributed by atoms with Gasteiger partial charge in [-0.1, -0.05) is 36.1 Å². The number of nitrogens with one attached hydrogen (secondary N) is 2. The van der Waals surface area contributed by atoms with E-state index in [1.165, 1.54) is 16.7 Å². The Hall–Kier alpha value is -2.91. The Kier molecular flexibility index (Phi) is 6.84. The summed E-state index contributed by atoms with van der Waals surface area (Å²) in [4.78, 5) is 29.7. The molecule has 0 bridgehead atoms. The third-order valence-corrected chi connectivity index (χ3v) is 5.50. The highest BCUT2D eigenvalue weighted by Gasteiger charge is 2.32. The maximum Gasteiger partial charge on any atom is 0.309 e. The van der Waals surface area contributed by atoms with Crippen LogP contribution in [0.25, 0.3) is 6.08 Å². The molecule has 1 aliphatic heterocycles. The number of hydrogen-bond donors (Lipinski definition) is 1. The molecule has 0 spiro atoms. The fraction of sp³-hybridized carbons (Fsp3) is 0.200. The van der Waals surface area contributed by atoms with Gasteiger partial charge in [0.25, 0.3) is 11.7 Å². The van der Waals surface area contributed by atoms with E-state index in [1.807, 2.05) is 18.2 Å². The minimum Gasteiger partial charge on any atom is -0.493 e. The van der Waals surface area contributed by atoms with Crippen LogP contribution in [-0.2, 0) is 9.59 Å². The van der Waals surface area contributed by atoms with E-state index in [9.17, 15) is 9.59 Å². The molecular formula is C20H20N3O4S2+. The molecular weight excluding hydrogens is 410 g/mol. The molecule has 2 amide bonds. The van der Waals surface area contributed by atoms with Gasteiger partial charge in [0.05, 0.1) is 31.7 Å². The average Bonchev–Trinajstić information content (AvgIpc) is 2.99. The summed E-state index contributed by atoms with van der Waals surface area (Å²) in [7, 11) is 3.12. The fourth-order valence-corrected chi connectivity index (χ4v) is 3.99. The molecule has 0 unspecified atom stereocenters. The quantitative estimate of drug-likeness (QED) is 0.537. The lowest BCUT2D eigenvalue weighted by Gasteiger charge is -2.12. The van der Waals surface area contributed by atoms with Gasteiger partial charge in [-0.25, -0.2) is 15.1 Å². The average molecular weight is 431 g/mol. The van der Waals surface area contributed by atoms with Gasteiger partial charge >= 0.3 is 5.91 Å². The number of nitrogens with zero attached hydrogens (tertiary/aromatic N) is 1. The highest BCUT2D eigenvalue weighted by molar-refractivity contribution is 8.26. The van der Waals surface area contributed by atoms with Crippen molar-refractivity contribution in [3.05, 3.63) is 53.1 Å². The largest absolute Gasteiger partial charge is 0.493 e. The van der Waals surface area contributed by atoms with Crippen LogP contribution >= 0.6 is 24.0 Å². The first-order valence-corrected chi connectivity index (χ1v) is 9.98. The maximum absolute atomic E-state index is 12.7. The summed E-state index contributed by atoms with van der Waals surface area (Å²) in [6, 6.07) is 10.8. The van der Waals surface area contributed by atoms with E-state index >= 15 is 0 Å². The number of ether oxygens (including phenoxy) is 2. The van der Waals surface area contributed by atoms with E-state index in [0.717, 1.165) is 5.56 Å². The Balaban J connectivity index is 1.65. The number of hydrogen-bond acceptors (Lipinski definition) is 6. The van der Waals surface area contributed by atoms with E-state index in [1.54, 1.807) is 44.7 Å². The molecule has 1 aromatic heterocycles. The second-order valence-corrected chi connectivity index (χ2v) is 7.70. The predicted molar refractivity (Wildman–Crippen MR) is 116 cm³/mol. The van der Waals surface area contributed by atoms with Crippen molar-refractivity contribution in [1.82, 2.24) is 4.90 Å². The van der Waals surface area contributed by atoms with E-state index in [2.05, 4.69) is 10.3 Å². The molecule has 1 fully saturated rings. The van der Waals surface area contributed by atoms with Crippen molar-refractivity contribution in [3.63, 3.8) is 0 Å². The number of aromatic nitrogens is 1. The lowest BCUT2D eigenvalue weighted by molar-refractivity contribution is -0.360. The Morgan fingerprint density at radius 3 is 2.72 bits per heavy atom. The summed E-state index contributed by atoms with van der Waals surface area (Å²) < 4.78 is 11.0. The number of H-pyrrole nitrogens is 1. The van der Waals surface area contributed by atoms with Crippen LogP contribution in [0.5, 0.6) is 11.5 Å². The van der Waals surface area contributed by atoms with Gasteiger partial charge in [0.1, 0.15) is 4.32 Å². The molecule has 1 aliphatic rings. The number of pyridine rings is 1. The summed E-state index contributed by atoms with van der Waals surface area (Å²) in [6.07, 6.45) is 3.61. The Bertz CT molecular complexity index is 963. The number of amides is 2. The first-order valence-electron chi connectivity index (χ1n) is 8.76.